The van der Waals surface area contributed by atoms with Gasteiger partial charge in [0.2, 0.25) is 0 Å². The van der Waals surface area contributed by atoms with Crippen LogP contribution >= 0.6 is 0 Å². The molecule has 7 heteroatoms. The van der Waals surface area contributed by atoms with Gasteiger partial charge in [-0.25, -0.2) is 0 Å². The summed E-state index contributed by atoms with van der Waals surface area (Å²) in [5.74, 6) is 1.67. The normalized spacial score (nSPS) is 18.0. The van der Waals surface area contributed by atoms with Crippen molar-refractivity contribution in [3.8, 4) is 11.5 Å². The van der Waals surface area contributed by atoms with E-state index in [4.69, 9.17) is 24.7 Å². The van der Waals surface area contributed by atoms with E-state index in [9.17, 15) is 0 Å². The topological polar surface area (TPSA) is 87.3 Å². The highest BCUT2D eigenvalue weighted by molar-refractivity contribution is 5.92. The fourth-order valence-electron chi connectivity index (χ4n) is 2.26. The zero-order valence-electron chi connectivity index (χ0n) is 13.7. The van der Waals surface area contributed by atoms with E-state index in [1.165, 1.54) is 0 Å². The molecule has 2 rings (SSSR count). The summed E-state index contributed by atoms with van der Waals surface area (Å²) >= 11 is 0. The van der Waals surface area contributed by atoms with Crippen LogP contribution in [0.5, 0.6) is 11.5 Å². The standard InChI is InChI=1S/C16H25N3O4/c1-20-14-5-4-12(10-15(14)21-2)19-16(17)18-7-3-8-23-13-6-9-22-11-13/h4-5,10,13H,3,6-9,11H2,1-2H3,(H3,17,18,19). The van der Waals surface area contributed by atoms with Gasteiger partial charge in [-0.05, 0) is 25.0 Å². The molecular formula is C16H25N3O4. The maximum Gasteiger partial charge on any atom is 0.193 e. The van der Waals surface area contributed by atoms with Gasteiger partial charge < -0.3 is 30.0 Å². The second-order valence-corrected chi connectivity index (χ2v) is 5.17. The summed E-state index contributed by atoms with van der Waals surface area (Å²) in [5.41, 5.74) is 6.67. The van der Waals surface area contributed by atoms with Crippen molar-refractivity contribution in [2.45, 2.75) is 18.9 Å². The highest BCUT2D eigenvalue weighted by Crippen LogP contribution is 2.29. The number of rotatable bonds is 8. The lowest BCUT2D eigenvalue weighted by Crippen LogP contribution is -2.23. The van der Waals surface area contributed by atoms with Crippen molar-refractivity contribution in [3.05, 3.63) is 18.2 Å². The Morgan fingerprint density at radius 1 is 1.35 bits per heavy atom. The number of methoxy groups -OCH3 is 2. The summed E-state index contributed by atoms with van der Waals surface area (Å²) < 4.78 is 21.4. The molecule has 0 aromatic heterocycles. The third-order valence-corrected chi connectivity index (χ3v) is 3.48. The number of ether oxygens (including phenoxy) is 4. The van der Waals surface area contributed by atoms with Gasteiger partial charge in [0.05, 0.1) is 26.9 Å². The summed E-state index contributed by atoms with van der Waals surface area (Å²) in [5, 5.41) is 3.03. The lowest BCUT2D eigenvalue weighted by Gasteiger charge is -2.11. The first kappa shape index (κ1) is 17.4. The first-order valence-corrected chi connectivity index (χ1v) is 7.71. The Labute approximate surface area is 136 Å². The van der Waals surface area contributed by atoms with E-state index >= 15 is 0 Å². The second kappa shape index (κ2) is 9.22. The first-order valence-electron chi connectivity index (χ1n) is 7.71. The quantitative estimate of drug-likeness (QED) is 0.429. The van der Waals surface area contributed by atoms with Crippen LogP contribution in [0.3, 0.4) is 0 Å². The van der Waals surface area contributed by atoms with Gasteiger partial charge in [0, 0.05) is 31.5 Å². The molecular weight excluding hydrogens is 298 g/mol. The summed E-state index contributed by atoms with van der Waals surface area (Å²) in [4.78, 5) is 4.28. The molecule has 1 aromatic rings. The van der Waals surface area contributed by atoms with Gasteiger partial charge >= 0.3 is 0 Å². The van der Waals surface area contributed by atoms with Crippen LogP contribution in [0.1, 0.15) is 12.8 Å². The third-order valence-electron chi connectivity index (χ3n) is 3.48. The number of nitrogens with two attached hydrogens (primary N) is 1. The van der Waals surface area contributed by atoms with Gasteiger partial charge in [0.25, 0.3) is 0 Å². The van der Waals surface area contributed by atoms with E-state index in [0.29, 0.717) is 37.2 Å². The summed E-state index contributed by atoms with van der Waals surface area (Å²) in [6.07, 6.45) is 2.04. The number of anilines is 1. The minimum absolute atomic E-state index is 0.237. The molecule has 128 valence electrons. The molecule has 1 aliphatic heterocycles. The van der Waals surface area contributed by atoms with Crippen molar-refractivity contribution in [1.29, 1.82) is 0 Å². The lowest BCUT2D eigenvalue weighted by molar-refractivity contribution is 0.0424. The molecule has 1 aliphatic rings. The first-order chi connectivity index (χ1) is 11.2. The molecule has 1 heterocycles. The van der Waals surface area contributed by atoms with Gasteiger partial charge in [0.1, 0.15) is 0 Å². The number of benzene rings is 1. The van der Waals surface area contributed by atoms with E-state index in [1.54, 1.807) is 14.2 Å². The molecule has 1 unspecified atom stereocenters. The lowest BCUT2D eigenvalue weighted by atomic mass is 10.3. The summed E-state index contributed by atoms with van der Waals surface area (Å²) in [6.45, 7) is 2.78. The number of nitrogens with one attached hydrogen (secondary N) is 1. The van der Waals surface area contributed by atoms with Crippen LogP contribution in [0.2, 0.25) is 0 Å². The molecule has 0 bridgehead atoms. The fraction of sp³-hybridized carbons (Fsp3) is 0.562. The SMILES string of the molecule is COc1ccc(NC(N)=NCCCOC2CCOC2)cc1OC. The van der Waals surface area contributed by atoms with Crippen LogP contribution in [0.15, 0.2) is 23.2 Å². The van der Waals surface area contributed by atoms with Gasteiger partial charge in [-0.15, -0.1) is 0 Å². The Morgan fingerprint density at radius 2 is 2.17 bits per heavy atom. The molecule has 0 amide bonds. The Balaban J connectivity index is 1.73. The van der Waals surface area contributed by atoms with E-state index in [1.807, 2.05) is 18.2 Å². The molecule has 0 spiro atoms. The summed E-state index contributed by atoms with van der Waals surface area (Å²) in [6, 6.07) is 5.48. The molecule has 0 saturated carbocycles. The van der Waals surface area contributed by atoms with E-state index in [2.05, 4.69) is 10.3 Å². The number of hydrogen-bond donors (Lipinski definition) is 2. The summed E-state index contributed by atoms with van der Waals surface area (Å²) in [7, 11) is 3.19. The van der Waals surface area contributed by atoms with Crippen molar-refractivity contribution in [1.82, 2.24) is 0 Å². The zero-order chi connectivity index (χ0) is 16.5. The fourth-order valence-corrected chi connectivity index (χ4v) is 2.26. The van der Waals surface area contributed by atoms with Crippen molar-refractivity contribution < 1.29 is 18.9 Å². The Hall–Kier alpha value is -1.99. The molecule has 7 nitrogen and oxygen atoms in total. The number of aliphatic imine (C=N–C) groups is 1. The highest BCUT2D eigenvalue weighted by Gasteiger charge is 2.15. The minimum Gasteiger partial charge on any atom is -0.493 e. The smallest absolute Gasteiger partial charge is 0.193 e. The van der Waals surface area contributed by atoms with Crippen molar-refractivity contribution >= 4 is 11.6 Å². The molecule has 1 saturated heterocycles. The second-order valence-electron chi connectivity index (χ2n) is 5.17. The van der Waals surface area contributed by atoms with Crippen LogP contribution < -0.4 is 20.5 Å². The molecule has 23 heavy (non-hydrogen) atoms. The van der Waals surface area contributed by atoms with E-state index < -0.39 is 0 Å². The van der Waals surface area contributed by atoms with Gasteiger partial charge in [-0.2, -0.15) is 0 Å². The molecule has 1 atom stereocenters. The van der Waals surface area contributed by atoms with Crippen molar-refractivity contribution in [3.63, 3.8) is 0 Å². The molecule has 3 N–H and O–H groups in total. The molecule has 0 radical (unpaired) electrons. The van der Waals surface area contributed by atoms with Crippen LogP contribution in [-0.2, 0) is 9.47 Å². The molecule has 0 aliphatic carbocycles. The predicted molar refractivity (Wildman–Crippen MR) is 89.5 cm³/mol. The third kappa shape index (κ3) is 5.61. The Morgan fingerprint density at radius 3 is 2.87 bits per heavy atom. The average Bonchev–Trinajstić information content (AvgIpc) is 3.07. The maximum absolute atomic E-state index is 5.88. The Kier molecular flexibility index (Phi) is 6.96. The highest BCUT2D eigenvalue weighted by atomic mass is 16.5. The maximum atomic E-state index is 5.88. The predicted octanol–water partition coefficient (Wildman–Crippen LogP) is 1.63. The molecule has 1 aromatic carbocycles. The van der Waals surface area contributed by atoms with Crippen LogP contribution in [-0.4, -0.2) is 52.6 Å². The minimum atomic E-state index is 0.237. The monoisotopic (exact) mass is 323 g/mol. The van der Waals surface area contributed by atoms with E-state index in [-0.39, 0.29) is 6.10 Å². The zero-order valence-corrected chi connectivity index (χ0v) is 13.7. The van der Waals surface area contributed by atoms with Crippen LogP contribution in [0.4, 0.5) is 5.69 Å². The number of nitrogens with zero attached hydrogens (tertiary/aromatic N) is 1. The largest absolute Gasteiger partial charge is 0.493 e. The number of hydrogen-bond acceptors (Lipinski definition) is 5. The van der Waals surface area contributed by atoms with Crippen molar-refractivity contribution in [2.75, 3.05) is 45.9 Å². The average molecular weight is 323 g/mol. The molecule has 1 fully saturated rings. The number of guanidine groups is 1. The Bertz CT molecular complexity index is 516. The van der Waals surface area contributed by atoms with Crippen LogP contribution in [0, 0.1) is 0 Å². The van der Waals surface area contributed by atoms with Gasteiger partial charge in [-0.3, -0.25) is 4.99 Å². The van der Waals surface area contributed by atoms with Gasteiger partial charge in [-0.1, -0.05) is 0 Å². The van der Waals surface area contributed by atoms with Crippen LogP contribution in [0.25, 0.3) is 0 Å². The van der Waals surface area contributed by atoms with E-state index in [0.717, 1.165) is 25.1 Å². The van der Waals surface area contributed by atoms with Crippen molar-refractivity contribution in [2.24, 2.45) is 10.7 Å². The van der Waals surface area contributed by atoms with Gasteiger partial charge in [0.15, 0.2) is 17.5 Å².